The average molecular weight is 258 g/mol. The van der Waals surface area contributed by atoms with Crippen LogP contribution in [0, 0.1) is 0 Å². The molecule has 0 unspecified atom stereocenters. The van der Waals surface area contributed by atoms with E-state index in [4.69, 9.17) is 17.3 Å². The van der Waals surface area contributed by atoms with Gasteiger partial charge in [0.2, 0.25) is 0 Å². The van der Waals surface area contributed by atoms with Crippen molar-refractivity contribution in [2.75, 3.05) is 5.73 Å². The van der Waals surface area contributed by atoms with Crippen molar-refractivity contribution in [2.45, 2.75) is 4.90 Å². The van der Waals surface area contributed by atoms with E-state index in [1.54, 1.807) is 12.1 Å². The Hall–Kier alpha value is -1.53. The maximum absolute atomic E-state index is 12.0. The monoisotopic (exact) mass is 257 g/mol. The van der Waals surface area contributed by atoms with Crippen LogP contribution in [0.15, 0.2) is 41.4 Å². The molecule has 5 nitrogen and oxygen atoms in total. The first-order chi connectivity index (χ1) is 7.51. The van der Waals surface area contributed by atoms with Gasteiger partial charge < -0.3 is 5.73 Å². The van der Waals surface area contributed by atoms with Gasteiger partial charge in [-0.2, -0.15) is 12.5 Å². The van der Waals surface area contributed by atoms with E-state index in [0.717, 1.165) is 4.09 Å². The second-order valence-electron chi connectivity index (χ2n) is 3.05. The highest BCUT2D eigenvalue weighted by Gasteiger charge is 2.20. The van der Waals surface area contributed by atoms with Gasteiger partial charge in [0, 0.05) is 12.3 Å². The molecule has 1 aromatic carbocycles. The maximum Gasteiger partial charge on any atom is 0.284 e. The molecule has 16 heavy (non-hydrogen) atoms. The Morgan fingerprint density at radius 1 is 1.25 bits per heavy atom. The summed E-state index contributed by atoms with van der Waals surface area (Å²) in [4.78, 5) is -0.000216. The van der Waals surface area contributed by atoms with Gasteiger partial charge in [-0.25, -0.2) is 0 Å². The number of anilines is 1. The lowest BCUT2D eigenvalue weighted by Gasteiger charge is -2.05. The zero-order chi connectivity index (χ0) is 11.8. The number of aromatic nitrogens is 2. The van der Waals surface area contributed by atoms with E-state index in [1.165, 1.54) is 24.4 Å². The topological polar surface area (TPSA) is 78.0 Å². The standard InChI is InChI=1S/C9H8ClN3O2S/c10-7-3-1-2-4-8(7)16(14,15)13-6-5-9(11)12-13/h1-6H,(H2,11,12). The van der Waals surface area contributed by atoms with Crippen LogP contribution in [0.1, 0.15) is 0 Å². The lowest BCUT2D eigenvalue weighted by molar-refractivity contribution is 0.580. The van der Waals surface area contributed by atoms with Crippen molar-refractivity contribution in [3.8, 4) is 0 Å². The second kappa shape index (κ2) is 3.80. The molecule has 2 aromatic rings. The van der Waals surface area contributed by atoms with E-state index in [1.807, 2.05) is 0 Å². The fourth-order valence-electron chi connectivity index (χ4n) is 1.21. The Morgan fingerprint density at radius 2 is 1.94 bits per heavy atom. The van der Waals surface area contributed by atoms with Gasteiger partial charge in [0.1, 0.15) is 10.7 Å². The number of hydrogen-bond donors (Lipinski definition) is 1. The van der Waals surface area contributed by atoms with Crippen LogP contribution in [0.3, 0.4) is 0 Å². The second-order valence-corrected chi connectivity index (χ2v) is 5.22. The molecule has 0 saturated heterocycles. The molecule has 0 aliphatic heterocycles. The third kappa shape index (κ3) is 1.77. The normalized spacial score (nSPS) is 11.6. The summed E-state index contributed by atoms with van der Waals surface area (Å²) in [6, 6.07) is 7.55. The zero-order valence-corrected chi connectivity index (χ0v) is 9.61. The minimum atomic E-state index is -3.76. The number of benzene rings is 1. The quantitative estimate of drug-likeness (QED) is 0.881. The van der Waals surface area contributed by atoms with Gasteiger partial charge in [-0.3, -0.25) is 0 Å². The maximum atomic E-state index is 12.0. The molecule has 0 aliphatic rings. The van der Waals surface area contributed by atoms with E-state index >= 15 is 0 Å². The molecule has 0 fully saturated rings. The Morgan fingerprint density at radius 3 is 2.50 bits per heavy atom. The third-order valence-corrected chi connectivity index (χ3v) is 4.00. The van der Waals surface area contributed by atoms with E-state index in [2.05, 4.69) is 5.10 Å². The summed E-state index contributed by atoms with van der Waals surface area (Å²) < 4.78 is 24.9. The predicted molar refractivity (Wildman–Crippen MR) is 60.7 cm³/mol. The lowest BCUT2D eigenvalue weighted by atomic mass is 10.4. The van der Waals surface area contributed by atoms with Crippen LogP contribution in [0.25, 0.3) is 0 Å². The molecule has 2 N–H and O–H groups in total. The van der Waals surface area contributed by atoms with Crippen molar-refractivity contribution in [3.63, 3.8) is 0 Å². The van der Waals surface area contributed by atoms with Gasteiger partial charge in [-0.15, -0.1) is 5.10 Å². The van der Waals surface area contributed by atoms with Crippen LogP contribution in [-0.4, -0.2) is 17.6 Å². The van der Waals surface area contributed by atoms with Crippen LogP contribution in [0.2, 0.25) is 5.02 Å². The van der Waals surface area contributed by atoms with Crippen molar-refractivity contribution >= 4 is 27.4 Å². The van der Waals surface area contributed by atoms with E-state index in [9.17, 15) is 8.42 Å². The van der Waals surface area contributed by atoms with Crippen molar-refractivity contribution in [1.29, 1.82) is 0 Å². The molecule has 1 heterocycles. The molecule has 0 bridgehead atoms. The summed E-state index contributed by atoms with van der Waals surface area (Å²) in [5, 5.41) is 3.80. The molecular formula is C9H8ClN3O2S. The van der Waals surface area contributed by atoms with Crippen molar-refractivity contribution < 1.29 is 8.42 Å². The lowest BCUT2D eigenvalue weighted by Crippen LogP contribution is -2.14. The van der Waals surface area contributed by atoms with E-state index in [0.29, 0.717) is 0 Å². The summed E-state index contributed by atoms with van der Waals surface area (Å²) in [6.45, 7) is 0. The summed E-state index contributed by atoms with van der Waals surface area (Å²) in [6.07, 6.45) is 1.27. The largest absolute Gasteiger partial charge is 0.382 e. The number of nitrogens with zero attached hydrogens (tertiary/aromatic N) is 2. The molecule has 1 aromatic heterocycles. The molecule has 0 saturated carbocycles. The molecule has 0 amide bonds. The first-order valence-corrected chi connectivity index (χ1v) is 6.15. The van der Waals surface area contributed by atoms with Crippen LogP contribution in [0.4, 0.5) is 5.82 Å². The average Bonchev–Trinajstić information content (AvgIpc) is 2.66. The summed E-state index contributed by atoms with van der Waals surface area (Å²) in [7, 11) is -3.76. The SMILES string of the molecule is Nc1ccn(S(=O)(=O)c2ccccc2Cl)n1. The van der Waals surface area contributed by atoms with Crippen molar-refractivity contribution in [2.24, 2.45) is 0 Å². The van der Waals surface area contributed by atoms with Crippen LogP contribution >= 0.6 is 11.6 Å². The highest BCUT2D eigenvalue weighted by molar-refractivity contribution is 7.90. The molecule has 0 radical (unpaired) electrons. The minimum Gasteiger partial charge on any atom is -0.382 e. The Bertz CT molecular complexity index is 621. The first-order valence-electron chi connectivity index (χ1n) is 4.33. The van der Waals surface area contributed by atoms with Crippen LogP contribution in [-0.2, 0) is 10.0 Å². The van der Waals surface area contributed by atoms with Crippen LogP contribution < -0.4 is 5.73 Å². The van der Waals surface area contributed by atoms with Crippen LogP contribution in [0.5, 0.6) is 0 Å². The predicted octanol–water partition coefficient (Wildman–Crippen LogP) is 1.36. The van der Waals surface area contributed by atoms with Crippen molar-refractivity contribution in [1.82, 2.24) is 9.19 Å². The van der Waals surface area contributed by atoms with Gasteiger partial charge in [0.25, 0.3) is 10.0 Å². The van der Waals surface area contributed by atoms with E-state index < -0.39 is 10.0 Å². The van der Waals surface area contributed by atoms with Gasteiger partial charge >= 0.3 is 0 Å². The number of nitrogens with two attached hydrogens (primary N) is 1. The number of halogens is 1. The van der Waals surface area contributed by atoms with Gasteiger partial charge in [0.15, 0.2) is 0 Å². The molecule has 0 aliphatic carbocycles. The first kappa shape index (κ1) is 11.0. The van der Waals surface area contributed by atoms with Crippen molar-refractivity contribution in [3.05, 3.63) is 41.6 Å². The summed E-state index contributed by atoms with van der Waals surface area (Å²) in [5.74, 6) is 0.135. The molecule has 0 spiro atoms. The zero-order valence-electron chi connectivity index (χ0n) is 8.04. The smallest absolute Gasteiger partial charge is 0.284 e. The Kier molecular flexibility index (Phi) is 2.61. The number of hydrogen-bond acceptors (Lipinski definition) is 4. The number of nitrogen functional groups attached to an aromatic ring is 1. The molecule has 2 rings (SSSR count). The van der Waals surface area contributed by atoms with Gasteiger partial charge in [-0.05, 0) is 12.1 Å². The molecule has 0 atom stereocenters. The summed E-state index contributed by atoms with van der Waals surface area (Å²) in [5.41, 5.74) is 5.36. The molecule has 7 heteroatoms. The Balaban J connectivity index is 2.60. The highest BCUT2D eigenvalue weighted by atomic mass is 35.5. The fourth-order valence-corrected chi connectivity index (χ4v) is 2.83. The van der Waals surface area contributed by atoms with Gasteiger partial charge in [-0.1, -0.05) is 23.7 Å². The third-order valence-electron chi connectivity index (χ3n) is 1.95. The number of rotatable bonds is 2. The fraction of sp³-hybridized carbons (Fsp3) is 0. The summed E-state index contributed by atoms with van der Waals surface area (Å²) >= 11 is 5.81. The molecule has 84 valence electrons. The molecular weight excluding hydrogens is 250 g/mol. The Labute approximate surface area is 97.5 Å². The highest BCUT2D eigenvalue weighted by Crippen LogP contribution is 2.22. The van der Waals surface area contributed by atoms with Gasteiger partial charge in [0.05, 0.1) is 5.02 Å². The van der Waals surface area contributed by atoms with E-state index in [-0.39, 0.29) is 15.7 Å². The minimum absolute atomic E-state index is 0.000216.